The molecule has 7 nitrogen and oxygen atoms in total. The van der Waals surface area contributed by atoms with Gasteiger partial charge in [-0.05, 0) is 0 Å². The monoisotopic (exact) mass is 533 g/mol. The molecule has 3 heterocycles. The fraction of sp³-hybridized carbons (Fsp3) is 0.273. The predicted octanol–water partition coefficient (Wildman–Crippen LogP) is 4.35. The summed E-state index contributed by atoms with van der Waals surface area (Å²) >= 11 is 2.31. The zero-order chi connectivity index (χ0) is 24.1. The summed E-state index contributed by atoms with van der Waals surface area (Å²) in [4.78, 5) is 8.71. The Morgan fingerprint density at radius 2 is 1.91 bits per heavy atom. The van der Waals surface area contributed by atoms with Crippen LogP contribution in [0.2, 0.25) is 0 Å². The molecular formula is C22H18AsF4N6O+. The topological polar surface area (TPSA) is 64.7 Å². The van der Waals surface area contributed by atoms with Crippen LogP contribution in [-0.4, -0.2) is 55.0 Å². The number of hydrogen-bond acceptors (Lipinski definition) is 5. The van der Waals surface area contributed by atoms with Crippen LogP contribution in [0.3, 0.4) is 0 Å². The summed E-state index contributed by atoms with van der Waals surface area (Å²) in [7, 11) is 0. The minimum absolute atomic E-state index is 0.0170. The zero-order valence-electron chi connectivity index (χ0n) is 17.9. The molecule has 1 saturated heterocycles. The number of aliphatic imine (C=N–C) groups is 1. The van der Waals surface area contributed by atoms with Gasteiger partial charge < -0.3 is 0 Å². The van der Waals surface area contributed by atoms with Gasteiger partial charge >= 0.3 is 201 Å². The molecule has 2 aromatic carbocycles. The van der Waals surface area contributed by atoms with Gasteiger partial charge in [-0.2, -0.15) is 0 Å². The molecule has 2 aliphatic heterocycles. The number of alkyl halides is 3. The number of amidine groups is 2. The van der Waals surface area contributed by atoms with Gasteiger partial charge in [0.05, 0.1) is 0 Å². The third kappa shape index (κ3) is 4.14. The summed E-state index contributed by atoms with van der Waals surface area (Å²) in [6, 6.07) is 10.7. The molecule has 2 aliphatic rings. The molecule has 0 amide bonds. The first-order valence-electron chi connectivity index (χ1n) is 10.5. The first-order chi connectivity index (χ1) is 16.1. The van der Waals surface area contributed by atoms with Crippen molar-refractivity contribution in [2.24, 2.45) is 10.1 Å². The van der Waals surface area contributed by atoms with E-state index in [1.807, 2.05) is 0 Å². The van der Waals surface area contributed by atoms with E-state index in [0.717, 1.165) is 18.4 Å². The van der Waals surface area contributed by atoms with E-state index in [-0.39, 0.29) is 21.9 Å². The van der Waals surface area contributed by atoms with Crippen molar-refractivity contribution in [2.75, 3.05) is 6.54 Å². The number of halogens is 4. The number of piperidine rings is 1. The van der Waals surface area contributed by atoms with Crippen molar-refractivity contribution in [3.8, 4) is 11.4 Å². The number of benzene rings is 2. The molecule has 0 spiro atoms. The van der Waals surface area contributed by atoms with E-state index in [9.17, 15) is 13.2 Å². The Balaban J connectivity index is 1.49. The quantitative estimate of drug-likeness (QED) is 0.285. The molecule has 5 rings (SSSR count). The number of aryl methyl sites for hydroxylation is 1. The van der Waals surface area contributed by atoms with Crippen LogP contribution < -0.4 is 9.33 Å². The molecule has 2 atom stereocenters. The first kappa shape index (κ1) is 22.7. The van der Waals surface area contributed by atoms with Gasteiger partial charge in [-0.3, -0.25) is 0 Å². The van der Waals surface area contributed by atoms with Crippen molar-refractivity contribution >= 4 is 33.0 Å². The molecule has 2 radical (unpaired) electrons. The SMILES string of the molecule is Cc1ncn(-c2ccc([N@@+]34CCCC(c5ccc(OC(F)(F)F)cc5)C3=NC([As])=N4)cc2F)n1. The Morgan fingerprint density at radius 1 is 1.15 bits per heavy atom. The summed E-state index contributed by atoms with van der Waals surface area (Å²) in [6.45, 7) is 2.31. The predicted molar refractivity (Wildman–Crippen MR) is 118 cm³/mol. The fourth-order valence-corrected chi connectivity index (χ4v) is 5.01. The van der Waals surface area contributed by atoms with Crippen LogP contribution in [0.5, 0.6) is 5.75 Å². The van der Waals surface area contributed by atoms with Crippen LogP contribution in [0.1, 0.15) is 30.1 Å². The number of aromatic nitrogens is 3. The van der Waals surface area contributed by atoms with Gasteiger partial charge in [0.1, 0.15) is 0 Å². The van der Waals surface area contributed by atoms with E-state index < -0.39 is 12.2 Å². The van der Waals surface area contributed by atoms with Crippen molar-refractivity contribution in [1.82, 2.24) is 19.4 Å². The molecule has 0 N–H and O–H groups in total. The van der Waals surface area contributed by atoms with Crippen LogP contribution in [0, 0.1) is 12.7 Å². The summed E-state index contributed by atoms with van der Waals surface area (Å²) in [6.07, 6.45) is -1.80. The summed E-state index contributed by atoms with van der Waals surface area (Å²) in [5.41, 5.74) is 1.67. The maximum absolute atomic E-state index is 15.2. The van der Waals surface area contributed by atoms with Gasteiger partial charge in [-0.1, -0.05) is 0 Å². The standard InChI is InChI=1S/C22H18AsF4N6O/c1-13-28-12-32(30-13)19-9-6-15(11-18(19)24)33-10-2-3-17(20(33)29-21(23)31-33)14-4-7-16(8-5-14)34-22(25,26)27/h4-9,11-12,17H,2-3,10H2,1H3/q+1/t17?,33-/m0/s1. The Morgan fingerprint density at radius 3 is 2.56 bits per heavy atom. The van der Waals surface area contributed by atoms with Gasteiger partial charge in [0, 0.05) is 0 Å². The number of fused-ring (bicyclic) bond motifs is 1. The van der Waals surface area contributed by atoms with E-state index in [0.29, 0.717) is 28.5 Å². The second-order valence-corrected chi connectivity index (χ2v) is 8.89. The van der Waals surface area contributed by atoms with E-state index in [1.54, 1.807) is 31.2 Å². The average Bonchev–Trinajstić information content (AvgIpc) is 3.36. The Hall–Kier alpha value is -3.04. The van der Waals surface area contributed by atoms with Gasteiger partial charge in [0.2, 0.25) is 0 Å². The Labute approximate surface area is 200 Å². The van der Waals surface area contributed by atoms with Gasteiger partial charge in [-0.15, -0.1) is 0 Å². The van der Waals surface area contributed by atoms with Gasteiger partial charge in [-0.25, -0.2) is 0 Å². The molecule has 12 heteroatoms. The molecule has 0 bridgehead atoms. The van der Waals surface area contributed by atoms with Crippen molar-refractivity contribution in [1.29, 1.82) is 0 Å². The summed E-state index contributed by atoms with van der Waals surface area (Å²) in [5.74, 6) is 0.281. The van der Waals surface area contributed by atoms with Crippen molar-refractivity contribution in [3.05, 3.63) is 66.0 Å². The molecule has 1 fully saturated rings. The Bertz CT molecular complexity index is 1300. The minimum atomic E-state index is -4.75. The Kier molecular flexibility index (Phi) is 5.56. The number of rotatable bonds is 4. The second-order valence-electron chi connectivity index (χ2n) is 8.05. The molecule has 0 saturated carbocycles. The van der Waals surface area contributed by atoms with Crippen LogP contribution in [-0.2, 0) is 0 Å². The molecular weight excluding hydrogens is 515 g/mol. The van der Waals surface area contributed by atoms with Crippen molar-refractivity contribution in [3.63, 3.8) is 0 Å². The molecule has 174 valence electrons. The van der Waals surface area contributed by atoms with E-state index in [4.69, 9.17) is 5.10 Å². The zero-order valence-corrected chi connectivity index (χ0v) is 19.7. The van der Waals surface area contributed by atoms with Crippen molar-refractivity contribution < 1.29 is 22.3 Å². The number of ether oxygens (including phenoxy) is 1. The molecule has 34 heavy (non-hydrogen) atoms. The summed E-state index contributed by atoms with van der Waals surface area (Å²) in [5, 5.41) is 8.92. The number of nitrogens with zero attached hydrogens (tertiary/aromatic N) is 6. The van der Waals surface area contributed by atoms with E-state index >= 15 is 4.39 Å². The normalized spacial score (nSPS) is 22.2. The maximum atomic E-state index is 15.2. The molecule has 3 aromatic rings. The van der Waals surface area contributed by atoms with E-state index in [2.05, 4.69) is 36.7 Å². The number of hydrogen-bond donors (Lipinski definition) is 0. The van der Waals surface area contributed by atoms with Crippen LogP contribution in [0.15, 0.2) is 58.9 Å². The van der Waals surface area contributed by atoms with E-state index in [1.165, 1.54) is 29.2 Å². The molecule has 1 aromatic heterocycles. The van der Waals surface area contributed by atoms with Gasteiger partial charge in [0.15, 0.2) is 0 Å². The third-order valence-electron chi connectivity index (χ3n) is 5.87. The first-order valence-corrected chi connectivity index (χ1v) is 11.4. The summed E-state index contributed by atoms with van der Waals surface area (Å²) < 4.78 is 58.6. The van der Waals surface area contributed by atoms with Crippen LogP contribution in [0.25, 0.3) is 5.69 Å². The van der Waals surface area contributed by atoms with Crippen LogP contribution >= 0.6 is 0 Å². The molecule has 0 aliphatic carbocycles. The van der Waals surface area contributed by atoms with Crippen molar-refractivity contribution in [2.45, 2.75) is 32.0 Å². The average molecular weight is 533 g/mol. The third-order valence-corrected chi connectivity index (χ3v) is 6.27. The number of quaternary nitrogens is 1. The van der Waals surface area contributed by atoms with Gasteiger partial charge in [0.25, 0.3) is 0 Å². The van der Waals surface area contributed by atoms with Crippen LogP contribution in [0.4, 0.5) is 23.2 Å². The second kappa shape index (κ2) is 8.32. The molecule has 1 unspecified atom stereocenters. The fourth-order valence-electron chi connectivity index (χ4n) is 4.48.